The Labute approximate surface area is 100 Å². The zero-order valence-electron chi connectivity index (χ0n) is 10.1. The summed E-state index contributed by atoms with van der Waals surface area (Å²) in [6.07, 6.45) is 0.696. The lowest BCUT2D eigenvalue weighted by Crippen LogP contribution is -2.01. The molecule has 1 aromatic carbocycles. The second-order valence-electron chi connectivity index (χ2n) is 3.87. The van der Waals surface area contributed by atoms with Crippen LogP contribution in [-0.2, 0) is 6.42 Å². The Morgan fingerprint density at radius 2 is 2.24 bits per heavy atom. The number of nitrogens with zero attached hydrogens (tertiary/aromatic N) is 1. The second kappa shape index (κ2) is 5.01. The van der Waals surface area contributed by atoms with Crippen LogP contribution in [0.5, 0.6) is 5.75 Å². The number of ether oxygens (including phenoxy) is 1. The number of benzene rings is 1. The first-order chi connectivity index (χ1) is 8.26. The summed E-state index contributed by atoms with van der Waals surface area (Å²) in [5, 5.41) is 4.04. The Bertz CT molecular complexity index is 506. The number of hydrogen-bond acceptors (Lipinski definition) is 4. The lowest BCUT2D eigenvalue weighted by atomic mass is 10.1. The number of hydrogen-bond donors (Lipinski definition) is 1. The highest BCUT2D eigenvalue weighted by molar-refractivity contribution is 5.68. The third-order valence-electron chi connectivity index (χ3n) is 2.64. The van der Waals surface area contributed by atoms with Crippen molar-refractivity contribution in [2.45, 2.75) is 13.3 Å². The first kappa shape index (κ1) is 11.7. The molecule has 1 heterocycles. The van der Waals surface area contributed by atoms with Crippen LogP contribution in [0, 0.1) is 6.92 Å². The van der Waals surface area contributed by atoms with Crippen LogP contribution in [0.15, 0.2) is 28.8 Å². The highest BCUT2D eigenvalue weighted by atomic mass is 16.5. The van der Waals surface area contributed by atoms with Crippen LogP contribution in [0.25, 0.3) is 11.3 Å². The smallest absolute Gasteiger partial charge is 0.138 e. The molecule has 2 aromatic rings. The Morgan fingerprint density at radius 3 is 2.94 bits per heavy atom. The van der Waals surface area contributed by atoms with Crippen molar-refractivity contribution in [1.29, 1.82) is 0 Å². The van der Waals surface area contributed by atoms with Crippen LogP contribution < -0.4 is 10.5 Å². The van der Waals surface area contributed by atoms with Gasteiger partial charge in [0.1, 0.15) is 17.2 Å². The Hall–Kier alpha value is -1.81. The van der Waals surface area contributed by atoms with Gasteiger partial charge in [-0.25, -0.2) is 0 Å². The summed E-state index contributed by atoms with van der Waals surface area (Å²) in [6.45, 7) is 2.56. The van der Waals surface area contributed by atoms with Gasteiger partial charge in [-0.05, 0) is 25.1 Å². The molecule has 0 saturated heterocycles. The highest BCUT2D eigenvalue weighted by Gasteiger charge is 2.12. The van der Waals surface area contributed by atoms with E-state index < -0.39 is 0 Å². The van der Waals surface area contributed by atoms with Crippen LogP contribution in [0.1, 0.15) is 11.3 Å². The molecule has 0 saturated carbocycles. The second-order valence-corrected chi connectivity index (χ2v) is 3.87. The van der Waals surface area contributed by atoms with Crippen LogP contribution >= 0.6 is 0 Å². The fourth-order valence-corrected chi connectivity index (χ4v) is 1.83. The summed E-state index contributed by atoms with van der Waals surface area (Å²) in [4.78, 5) is 0. The molecule has 0 aliphatic heterocycles. The van der Waals surface area contributed by atoms with Crippen LogP contribution in [0.3, 0.4) is 0 Å². The zero-order chi connectivity index (χ0) is 12.3. The van der Waals surface area contributed by atoms with Crippen molar-refractivity contribution in [3.8, 4) is 17.0 Å². The predicted molar refractivity (Wildman–Crippen MR) is 66.0 cm³/mol. The van der Waals surface area contributed by atoms with E-state index in [0.29, 0.717) is 13.0 Å². The molecule has 17 heavy (non-hydrogen) atoms. The Morgan fingerprint density at radius 1 is 1.41 bits per heavy atom. The van der Waals surface area contributed by atoms with Crippen molar-refractivity contribution in [2.75, 3.05) is 13.7 Å². The Balaban J connectivity index is 2.41. The van der Waals surface area contributed by atoms with E-state index in [9.17, 15) is 0 Å². The SMILES string of the molecule is COc1c(C)cccc1-c1cc(CCN)on1. The van der Waals surface area contributed by atoms with Gasteiger partial charge in [0.2, 0.25) is 0 Å². The quantitative estimate of drug-likeness (QED) is 0.877. The van der Waals surface area contributed by atoms with E-state index in [4.69, 9.17) is 15.0 Å². The summed E-state index contributed by atoms with van der Waals surface area (Å²) in [7, 11) is 1.66. The van der Waals surface area contributed by atoms with Gasteiger partial charge in [-0.15, -0.1) is 0 Å². The minimum Gasteiger partial charge on any atom is -0.496 e. The fraction of sp³-hybridized carbons (Fsp3) is 0.308. The molecule has 90 valence electrons. The lowest BCUT2D eigenvalue weighted by Gasteiger charge is -2.08. The Kier molecular flexibility index (Phi) is 3.44. The molecular weight excluding hydrogens is 216 g/mol. The van der Waals surface area contributed by atoms with Gasteiger partial charge in [-0.1, -0.05) is 17.3 Å². The van der Waals surface area contributed by atoms with Crippen molar-refractivity contribution in [1.82, 2.24) is 5.16 Å². The molecule has 0 spiro atoms. The largest absolute Gasteiger partial charge is 0.496 e. The maximum absolute atomic E-state index is 5.48. The van der Waals surface area contributed by atoms with Gasteiger partial charge in [-0.3, -0.25) is 0 Å². The van der Waals surface area contributed by atoms with E-state index in [1.807, 2.05) is 31.2 Å². The highest BCUT2D eigenvalue weighted by Crippen LogP contribution is 2.32. The molecule has 0 unspecified atom stereocenters. The summed E-state index contributed by atoms with van der Waals surface area (Å²) in [5.41, 5.74) is 8.28. The molecule has 4 nitrogen and oxygen atoms in total. The van der Waals surface area contributed by atoms with E-state index in [1.54, 1.807) is 7.11 Å². The van der Waals surface area contributed by atoms with Gasteiger partial charge in [0.25, 0.3) is 0 Å². The van der Waals surface area contributed by atoms with Gasteiger partial charge in [0.05, 0.1) is 7.11 Å². The van der Waals surface area contributed by atoms with Gasteiger partial charge < -0.3 is 15.0 Å². The van der Waals surface area contributed by atoms with E-state index in [2.05, 4.69) is 5.16 Å². The summed E-state index contributed by atoms with van der Waals surface area (Å²) in [5.74, 6) is 1.63. The fourth-order valence-electron chi connectivity index (χ4n) is 1.83. The van der Waals surface area contributed by atoms with Crippen LogP contribution in [-0.4, -0.2) is 18.8 Å². The van der Waals surface area contributed by atoms with Gasteiger partial charge >= 0.3 is 0 Å². The average Bonchev–Trinajstić information content (AvgIpc) is 2.78. The summed E-state index contributed by atoms with van der Waals surface area (Å²) in [6, 6.07) is 7.85. The summed E-state index contributed by atoms with van der Waals surface area (Å²) < 4.78 is 10.6. The minimum atomic E-state index is 0.555. The number of methoxy groups -OCH3 is 1. The molecule has 2 rings (SSSR count). The topological polar surface area (TPSA) is 61.3 Å². The van der Waals surface area contributed by atoms with Crippen molar-refractivity contribution >= 4 is 0 Å². The molecule has 0 radical (unpaired) electrons. The monoisotopic (exact) mass is 232 g/mol. The number of aromatic nitrogens is 1. The molecule has 0 atom stereocenters. The molecule has 0 bridgehead atoms. The molecule has 1 aromatic heterocycles. The van der Waals surface area contributed by atoms with E-state index >= 15 is 0 Å². The average molecular weight is 232 g/mol. The first-order valence-corrected chi connectivity index (χ1v) is 5.56. The standard InChI is InChI=1S/C13H16N2O2/c1-9-4-3-5-11(13(9)16-2)12-8-10(6-7-14)17-15-12/h3-5,8H,6-7,14H2,1-2H3. The number of aryl methyl sites for hydroxylation is 1. The number of para-hydroxylation sites is 1. The lowest BCUT2D eigenvalue weighted by molar-refractivity contribution is 0.385. The van der Waals surface area contributed by atoms with Crippen molar-refractivity contribution < 1.29 is 9.26 Å². The molecular formula is C13H16N2O2. The van der Waals surface area contributed by atoms with Crippen molar-refractivity contribution in [3.05, 3.63) is 35.6 Å². The molecule has 2 N–H and O–H groups in total. The first-order valence-electron chi connectivity index (χ1n) is 5.56. The number of nitrogens with two attached hydrogens (primary N) is 1. The molecule has 0 aliphatic rings. The van der Waals surface area contributed by atoms with Gasteiger partial charge in [0, 0.05) is 18.1 Å². The van der Waals surface area contributed by atoms with Gasteiger partial charge in [0.15, 0.2) is 0 Å². The number of rotatable bonds is 4. The molecule has 0 aliphatic carbocycles. The third kappa shape index (κ3) is 2.31. The van der Waals surface area contributed by atoms with Gasteiger partial charge in [-0.2, -0.15) is 0 Å². The van der Waals surface area contributed by atoms with E-state index in [-0.39, 0.29) is 0 Å². The van der Waals surface area contributed by atoms with E-state index in [1.165, 1.54) is 0 Å². The molecule has 0 fully saturated rings. The normalized spacial score (nSPS) is 10.5. The minimum absolute atomic E-state index is 0.555. The summed E-state index contributed by atoms with van der Waals surface area (Å²) >= 11 is 0. The molecule has 0 amide bonds. The molecule has 4 heteroatoms. The van der Waals surface area contributed by atoms with Crippen molar-refractivity contribution in [2.24, 2.45) is 5.73 Å². The van der Waals surface area contributed by atoms with Crippen LogP contribution in [0.4, 0.5) is 0 Å². The van der Waals surface area contributed by atoms with Crippen molar-refractivity contribution in [3.63, 3.8) is 0 Å². The maximum atomic E-state index is 5.48. The maximum Gasteiger partial charge on any atom is 0.138 e. The third-order valence-corrected chi connectivity index (χ3v) is 2.64. The van der Waals surface area contributed by atoms with Crippen LogP contribution in [0.2, 0.25) is 0 Å². The zero-order valence-corrected chi connectivity index (χ0v) is 10.1. The predicted octanol–water partition coefficient (Wildman–Crippen LogP) is 2.16. The van der Waals surface area contributed by atoms with E-state index in [0.717, 1.165) is 28.3 Å².